The summed E-state index contributed by atoms with van der Waals surface area (Å²) in [5.41, 5.74) is 1.84. The first-order valence-electron chi connectivity index (χ1n) is 4.80. The van der Waals surface area contributed by atoms with Crippen molar-refractivity contribution in [3.8, 4) is 16.5 Å². The highest BCUT2D eigenvalue weighted by molar-refractivity contribution is 7.13. The average molecular weight is 231 g/mol. The molecule has 3 rings (SSSR count). The summed E-state index contributed by atoms with van der Waals surface area (Å²) in [5.74, 6) is 0.775. The van der Waals surface area contributed by atoms with Crippen LogP contribution in [0.25, 0.3) is 21.6 Å². The predicted octanol–water partition coefficient (Wildman–Crippen LogP) is 2.70. The third-order valence-electron chi connectivity index (χ3n) is 2.41. The molecule has 4 nitrogen and oxygen atoms in total. The van der Waals surface area contributed by atoms with Gasteiger partial charge in [0, 0.05) is 23.2 Å². The number of H-pyrrole nitrogens is 1. The van der Waals surface area contributed by atoms with Crippen LogP contribution in [0.4, 0.5) is 0 Å². The van der Waals surface area contributed by atoms with Crippen LogP contribution in [-0.2, 0) is 0 Å². The van der Waals surface area contributed by atoms with E-state index in [9.17, 15) is 0 Å². The van der Waals surface area contributed by atoms with Crippen molar-refractivity contribution in [1.29, 1.82) is 0 Å². The molecule has 0 atom stereocenters. The van der Waals surface area contributed by atoms with Crippen LogP contribution in [0.5, 0.6) is 5.75 Å². The van der Waals surface area contributed by atoms with Crippen LogP contribution in [0.2, 0.25) is 0 Å². The lowest BCUT2D eigenvalue weighted by Gasteiger charge is -2.03. The molecule has 3 heterocycles. The summed E-state index contributed by atoms with van der Waals surface area (Å²) in [7, 11) is 1.65. The summed E-state index contributed by atoms with van der Waals surface area (Å²) in [5, 5.41) is 3.88. The average Bonchev–Trinajstić information content (AvgIpc) is 2.98. The van der Waals surface area contributed by atoms with Gasteiger partial charge in [0.1, 0.15) is 16.5 Å². The van der Waals surface area contributed by atoms with Crippen LogP contribution in [0.1, 0.15) is 0 Å². The molecule has 0 saturated carbocycles. The van der Waals surface area contributed by atoms with Crippen LogP contribution in [-0.4, -0.2) is 22.1 Å². The number of hydrogen-bond acceptors (Lipinski definition) is 4. The first-order chi connectivity index (χ1) is 7.90. The monoisotopic (exact) mass is 231 g/mol. The van der Waals surface area contributed by atoms with E-state index in [1.807, 2.05) is 17.6 Å². The van der Waals surface area contributed by atoms with E-state index in [1.54, 1.807) is 30.8 Å². The topological polar surface area (TPSA) is 50.8 Å². The molecule has 0 spiro atoms. The maximum absolute atomic E-state index is 5.26. The molecule has 0 saturated heterocycles. The number of nitrogens with one attached hydrogen (secondary N) is 1. The fourth-order valence-electron chi connectivity index (χ4n) is 1.69. The first kappa shape index (κ1) is 9.35. The van der Waals surface area contributed by atoms with Gasteiger partial charge in [-0.2, -0.15) is 0 Å². The number of fused-ring (bicyclic) bond motifs is 1. The number of nitrogens with zero attached hydrogens (tertiary/aromatic N) is 2. The van der Waals surface area contributed by atoms with Gasteiger partial charge in [-0.25, -0.2) is 9.97 Å². The third-order valence-corrected chi connectivity index (χ3v) is 3.19. The van der Waals surface area contributed by atoms with Gasteiger partial charge in [-0.15, -0.1) is 11.3 Å². The van der Waals surface area contributed by atoms with Gasteiger partial charge < -0.3 is 9.72 Å². The van der Waals surface area contributed by atoms with Crippen molar-refractivity contribution in [1.82, 2.24) is 15.0 Å². The number of hydrogen-bond donors (Lipinski definition) is 1. The molecule has 1 N–H and O–H groups in total. The van der Waals surface area contributed by atoms with Crippen LogP contribution in [0.15, 0.2) is 30.0 Å². The predicted molar refractivity (Wildman–Crippen MR) is 63.8 cm³/mol. The second-order valence-electron chi connectivity index (χ2n) is 3.28. The number of ether oxygens (including phenoxy) is 1. The molecule has 80 valence electrons. The molecule has 3 aromatic heterocycles. The quantitative estimate of drug-likeness (QED) is 0.737. The van der Waals surface area contributed by atoms with E-state index in [-0.39, 0.29) is 0 Å². The van der Waals surface area contributed by atoms with Gasteiger partial charge in [-0.1, -0.05) is 0 Å². The summed E-state index contributed by atoms with van der Waals surface area (Å²) in [4.78, 5) is 11.8. The SMILES string of the molecule is COc1cnc(-c2nccs2)c2[nH]ccc12. The molecule has 0 aliphatic carbocycles. The number of aromatic amines is 1. The van der Waals surface area contributed by atoms with Crippen molar-refractivity contribution >= 4 is 22.2 Å². The fraction of sp³-hybridized carbons (Fsp3) is 0.0909. The minimum atomic E-state index is 0.775. The van der Waals surface area contributed by atoms with Crippen molar-refractivity contribution in [2.45, 2.75) is 0 Å². The van der Waals surface area contributed by atoms with Crippen LogP contribution in [0.3, 0.4) is 0 Å². The Hall–Kier alpha value is -1.88. The van der Waals surface area contributed by atoms with Gasteiger partial charge in [-0.3, -0.25) is 0 Å². The van der Waals surface area contributed by atoms with E-state index < -0.39 is 0 Å². The molecule has 0 unspecified atom stereocenters. The Morgan fingerprint density at radius 3 is 3.06 bits per heavy atom. The van der Waals surface area contributed by atoms with Gasteiger partial charge in [-0.05, 0) is 6.07 Å². The Bertz CT molecular complexity index is 615. The van der Waals surface area contributed by atoms with Crippen molar-refractivity contribution < 1.29 is 4.74 Å². The molecular formula is C11H9N3OS. The van der Waals surface area contributed by atoms with Crippen LogP contribution >= 0.6 is 11.3 Å². The molecular weight excluding hydrogens is 222 g/mol. The fourth-order valence-corrected chi connectivity index (χ4v) is 2.33. The van der Waals surface area contributed by atoms with Crippen LogP contribution < -0.4 is 4.74 Å². The van der Waals surface area contributed by atoms with E-state index in [1.165, 1.54) is 0 Å². The Morgan fingerprint density at radius 1 is 1.38 bits per heavy atom. The lowest BCUT2D eigenvalue weighted by atomic mass is 10.2. The molecule has 16 heavy (non-hydrogen) atoms. The normalized spacial score (nSPS) is 10.8. The second-order valence-corrected chi connectivity index (χ2v) is 4.17. The highest BCUT2D eigenvalue weighted by atomic mass is 32.1. The third kappa shape index (κ3) is 1.29. The zero-order valence-electron chi connectivity index (χ0n) is 8.60. The van der Waals surface area contributed by atoms with Gasteiger partial charge in [0.05, 0.1) is 18.8 Å². The summed E-state index contributed by atoms with van der Waals surface area (Å²) in [6, 6.07) is 1.98. The lowest BCUT2D eigenvalue weighted by molar-refractivity contribution is 0.418. The summed E-state index contributed by atoms with van der Waals surface area (Å²) in [6.45, 7) is 0. The summed E-state index contributed by atoms with van der Waals surface area (Å²) in [6.07, 6.45) is 5.39. The van der Waals surface area contributed by atoms with Crippen LogP contribution in [0, 0.1) is 0 Å². The lowest BCUT2D eigenvalue weighted by Crippen LogP contribution is -1.89. The van der Waals surface area contributed by atoms with E-state index in [0.29, 0.717) is 0 Å². The molecule has 0 amide bonds. The first-order valence-corrected chi connectivity index (χ1v) is 5.68. The van der Waals surface area contributed by atoms with Crippen molar-refractivity contribution in [2.24, 2.45) is 0 Å². The Morgan fingerprint density at radius 2 is 2.31 bits per heavy atom. The van der Waals surface area contributed by atoms with Crippen molar-refractivity contribution in [3.05, 3.63) is 30.0 Å². The van der Waals surface area contributed by atoms with E-state index >= 15 is 0 Å². The van der Waals surface area contributed by atoms with Gasteiger partial charge in [0.25, 0.3) is 0 Å². The molecule has 0 fully saturated rings. The zero-order valence-corrected chi connectivity index (χ0v) is 9.41. The van der Waals surface area contributed by atoms with Crippen molar-refractivity contribution in [2.75, 3.05) is 7.11 Å². The Balaban J connectivity index is 2.31. The summed E-state index contributed by atoms with van der Waals surface area (Å²) < 4.78 is 5.26. The minimum Gasteiger partial charge on any atom is -0.494 e. The molecule has 0 bridgehead atoms. The van der Waals surface area contributed by atoms with E-state index in [0.717, 1.165) is 27.4 Å². The number of thiazole rings is 1. The minimum absolute atomic E-state index is 0.775. The molecule has 0 radical (unpaired) electrons. The number of pyridine rings is 1. The van der Waals surface area contributed by atoms with Crippen molar-refractivity contribution in [3.63, 3.8) is 0 Å². The standard InChI is InChI=1S/C11H9N3OS/c1-15-8-6-14-10(11-13-4-5-16-11)9-7(8)2-3-12-9/h2-6,12H,1H3. The Kier molecular flexibility index (Phi) is 2.11. The van der Waals surface area contributed by atoms with Gasteiger partial charge >= 0.3 is 0 Å². The molecule has 0 aromatic carbocycles. The number of aromatic nitrogens is 3. The Labute approximate surface area is 95.9 Å². The highest BCUT2D eigenvalue weighted by Crippen LogP contribution is 2.31. The molecule has 5 heteroatoms. The smallest absolute Gasteiger partial charge is 0.146 e. The zero-order chi connectivity index (χ0) is 11.0. The maximum Gasteiger partial charge on any atom is 0.146 e. The number of rotatable bonds is 2. The second kappa shape index (κ2) is 3.61. The number of methoxy groups -OCH3 is 1. The highest BCUT2D eigenvalue weighted by Gasteiger charge is 2.11. The van der Waals surface area contributed by atoms with Gasteiger partial charge in [0.15, 0.2) is 0 Å². The van der Waals surface area contributed by atoms with E-state index in [2.05, 4.69) is 15.0 Å². The molecule has 3 aromatic rings. The van der Waals surface area contributed by atoms with E-state index in [4.69, 9.17) is 4.74 Å². The molecule has 0 aliphatic rings. The van der Waals surface area contributed by atoms with Gasteiger partial charge in [0.2, 0.25) is 0 Å². The maximum atomic E-state index is 5.26. The largest absolute Gasteiger partial charge is 0.494 e. The summed E-state index contributed by atoms with van der Waals surface area (Å²) >= 11 is 1.57. The molecule has 0 aliphatic heterocycles.